The molecule has 0 aliphatic heterocycles. The molecule has 90 valence electrons. The first-order valence-corrected chi connectivity index (χ1v) is 5.64. The quantitative estimate of drug-likeness (QED) is 0.614. The van der Waals surface area contributed by atoms with Gasteiger partial charge < -0.3 is 9.40 Å². The minimum atomic E-state index is -0.437. The van der Waals surface area contributed by atoms with E-state index in [2.05, 4.69) is 4.98 Å². The number of H-pyrrole nitrogens is 1. The summed E-state index contributed by atoms with van der Waals surface area (Å²) in [6.07, 6.45) is 0. The van der Waals surface area contributed by atoms with Crippen molar-refractivity contribution in [1.82, 2.24) is 4.98 Å². The number of benzene rings is 1. The molecule has 0 radical (unpaired) electrons. The predicted octanol–water partition coefficient (Wildman–Crippen LogP) is 2.25. The van der Waals surface area contributed by atoms with Gasteiger partial charge in [0, 0.05) is 11.5 Å². The number of para-hydroxylation sites is 1. The Morgan fingerprint density at radius 3 is 2.67 bits per heavy atom. The maximum absolute atomic E-state index is 12.1. The third kappa shape index (κ3) is 1.39. The van der Waals surface area contributed by atoms with Crippen LogP contribution in [0.15, 0.2) is 38.3 Å². The van der Waals surface area contributed by atoms with Gasteiger partial charge in [-0.15, -0.1) is 0 Å². The lowest BCUT2D eigenvalue weighted by Gasteiger charge is -2.05. The zero-order chi connectivity index (χ0) is 12.9. The highest BCUT2D eigenvalue weighted by Gasteiger charge is 2.11. The van der Waals surface area contributed by atoms with Gasteiger partial charge in [0.05, 0.1) is 10.9 Å². The van der Waals surface area contributed by atoms with Gasteiger partial charge in [0.2, 0.25) is 0 Å². The molecule has 4 nitrogen and oxygen atoms in total. The lowest BCUT2D eigenvalue weighted by Crippen LogP contribution is -2.11. The van der Waals surface area contributed by atoms with E-state index >= 15 is 0 Å². The molecule has 0 aliphatic carbocycles. The molecule has 0 amide bonds. The molecule has 0 aliphatic rings. The van der Waals surface area contributed by atoms with Gasteiger partial charge in [-0.05, 0) is 31.0 Å². The lowest BCUT2D eigenvalue weighted by atomic mass is 10.1. The Morgan fingerprint density at radius 1 is 1.11 bits per heavy atom. The number of hydrogen-bond donors (Lipinski definition) is 1. The zero-order valence-corrected chi connectivity index (χ0v) is 10.0. The van der Waals surface area contributed by atoms with Crippen LogP contribution in [0, 0.1) is 13.8 Å². The Labute approximate surface area is 102 Å². The van der Waals surface area contributed by atoms with Crippen LogP contribution in [-0.4, -0.2) is 4.98 Å². The summed E-state index contributed by atoms with van der Waals surface area (Å²) < 4.78 is 5.22. The average Bonchev–Trinajstić information content (AvgIpc) is 2.30. The number of fused-ring (bicyclic) bond motifs is 3. The highest BCUT2D eigenvalue weighted by molar-refractivity contribution is 6.03. The van der Waals surface area contributed by atoms with Crippen molar-refractivity contribution in [2.75, 3.05) is 0 Å². The summed E-state index contributed by atoms with van der Waals surface area (Å²) in [7, 11) is 0. The summed E-state index contributed by atoms with van der Waals surface area (Å²) in [5.41, 5.74) is 1.98. The van der Waals surface area contributed by atoms with Crippen molar-refractivity contribution in [1.29, 1.82) is 0 Å². The van der Waals surface area contributed by atoms with Crippen LogP contribution in [0.25, 0.3) is 21.9 Å². The number of aromatic nitrogens is 1. The summed E-state index contributed by atoms with van der Waals surface area (Å²) in [6, 6.07) is 6.94. The third-order valence-corrected chi connectivity index (χ3v) is 3.14. The van der Waals surface area contributed by atoms with Crippen molar-refractivity contribution >= 4 is 21.9 Å². The number of aryl methyl sites for hydroxylation is 2. The largest absolute Gasteiger partial charge is 0.422 e. The highest BCUT2D eigenvalue weighted by Crippen LogP contribution is 2.23. The molecule has 1 aromatic carbocycles. The van der Waals surface area contributed by atoms with E-state index in [1.807, 2.05) is 25.1 Å². The number of pyridine rings is 1. The molecule has 0 saturated carbocycles. The standard InChI is InChI=1S/C14H11NO3/c1-7-4-3-5-9-12(7)15-14(17)11-8(2)6-10(16)18-13(9)11/h3-6H,1-2H3,(H,15,17). The molecule has 0 unspecified atom stereocenters. The molecule has 0 atom stereocenters. The van der Waals surface area contributed by atoms with Crippen LogP contribution < -0.4 is 11.2 Å². The Bertz CT molecular complexity index is 887. The maximum Gasteiger partial charge on any atom is 0.336 e. The minimum Gasteiger partial charge on any atom is -0.422 e. The van der Waals surface area contributed by atoms with Crippen LogP contribution in [0.5, 0.6) is 0 Å². The number of aromatic amines is 1. The second kappa shape index (κ2) is 3.57. The fourth-order valence-corrected chi connectivity index (χ4v) is 2.28. The topological polar surface area (TPSA) is 63.1 Å². The second-order valence-electron chi connectivity index (χ2n) is 4.40. The second-order valence-corrected chi connectivity index (χ2v) is 4.40. The number of nitrogens with one attached hydrogen (secondary N) is 1. The van der Waals surface area contributed by atoms with Gasteiger partial charge in [-0.1, -0.05) is 12.1 Å². The third-order valence-electron chi connectivity index (χ3n) is 3.14. The molecular weight excluding hydrogens is 230 g/mol. The molecule has 0 spiro atoms. The van der Waals surface area contributed by atoms with Crippen LogP contribution in [0.1, 0.15) is 11.1 Å². The zero-order valence-electron chi connectivity index (χ0n) is 10.0. The van der Waals surface area contributed by atoms with E-state index in [9.17, 15) is 9.59 Å². The smallest absolute Gasteiger partial charge is 0.336 e. The van der Waals surface area contributed by atoms with Gasteiger partial charge in [-0.2, -0.15) is 0 Å². The fourth-order valence-electron chi connectivity index (χ4n) is 2.28. The van der Waals surface area contributed by atoms with Crippen molar-refractivity contribution in [3.63, 3.8) is 0 Å². The monoisotopic (exact) mass is 241 g/mol. The van der Waals surface area contributed by atoms with Crippen LogP contribution in [0.2, 0.25) is 0 Å². The molecule has 4 heteroatoms. The van der Waals surface area contributed by atoms with Gasteiger partial charge in [0.25, 0.3) is 5.56 Å². The molecule has 0 bridgehead atoms. The summed E-state index contributed by atoms with van der Waals surface area (Å²) in [6.45, 7) is 3.63. The van der Waals surface area contributed by atoms with Crippen molar-refractivity contribution in [2.24, 2.45) is 0 Å². The van der Waals surface area contributed by atoms with Crippen LogP contribution in [-0.2, 0) is 0 Å². The Kier molecular flexibility index (Phi) is 2.13. The Morgan fingerprint density at radius 2 is 1.89 bits per heavy atom. The predicted molar refractivity (Wildman–Crippen MR) is 70.1 cm³/mol. The van der Waals surface area contributed by atoms with Gasteiger partial charge in [0.1, 0.15) is 0 Å². The molecule has 1 N–H and O–H groups in total. The van der Waals surface area contributed by atoms with Crippen molar-refractivity contribution < 1.29 is 4.42 Å². The van der Waals surface area contributed by atoms with Gasteiger partial charge in [-0.3, -0.25) is 4.79 Å². The van der Waals surface area contributed by atoms with Gasteiger partial charge in [0.15, 0.2) is 5.58 Å². The van der Waals surface area contributed by atoms with E-state index in [-0.39, 0.29) is 5.56 Å². The first-order chi connectivity index (χ1) is 8.58. The molecule has 0 fully saturated rings. The minimum absolute atomic E-state index is 0.229. The van der Waals surface area contributed by atoms with E-state index in [1.54, 1.807) is 6.92 Å². The summed E-state index contributed by atoms with van der Waals surface area (Å²) in [5, 5.41) is 1.19. The van der Waals surface area contributed by atoms with Crippen molar-refractivity contribution in [3.8, 4) is 0 Å². The normalized spacial score (nSPS) is 11.2. The van der Waals surface area contributed by atoms with E-state index in [0.717, 1.165) is 10.9 Å². The summed E-state index contributed by atoms with van der Waals surface area (Å²) >= 11 is 0. The lowest BCUT2D eigenvalue weighted by molar-refractivity contribution is 0.562. The number of hydrogen-bond acceptors (Lipinski definition) is 3. The molecule has 3 aromatic rings. The number of rotatable bonds is 0. The summed E-state index contributed by atoms with van der Waals surface area (Å²) in [4.78, 5) is 26.4. The first-order valence-electron chi connectivity index (χ1n) is 5.64. The van der Waals surface area contributed by atoms with E-state index < -0.39 is 5.63 Å². The van der Waals surface area contributed by atoms with Crippen molar-refractivity contribution in [2.45, 2.75) is 13.8 Å². The fraction of sp³-hybridized carbons (Fsp3) is 0.143. The SMILES string of the molecule is Cc1cccc2c1[nH]c(=O)c1c(C)cc(=O)oc12. The first kappa shape index (κ1) is 10.8. The summed E-state index contributed by atoms with van der Waals surface area (Å²) in [5.74, 6) is 0. The molecule has 2 heterocycles. The molecule has 18 heavy (non-hydrogen) atoms. The maximum atomic E-state index is 12.1. The Hall–Kier alpha value is -2.36. The van der Waals surface area contributed by atoms with Crippen LogP contribution in [0.3, 0.4) is 0 Å². The van der Waals surface area contributed by atoms with E-state index in [4.69, 9.17) is 4.42 Å². The van der Waals surface area contributed by atoms with Crippen molar-refractivity contribution in [3.05, 3.63) is 56.2 Å². The van der Waals surface area contributed by atoms with E-state index in [0.29, 0.717) is 22.0 Å². The Balaban J connectivity index is 2.75. The molecule has 0 saturated heterocycles. The molecular formula is C14H11NO3. The van der Waals surface area contributed by atoms with Crippen LogP contribution >= 0.6 is 0 Å². The molecule has 2 aromatic heterocycles. The molecule has 3 rings (SSSR count). The average molecular weight is 241 g/mol. The van der Waals surface area contributed by atoms with Crippen LogP contribution in [0.4, 0.5) is 0 Å². The van der Waals surface area contributed by atoms with Gasteiger partial charge >= 0.3 is 5.63 Å². The highest BCUT2D eigenvalue weighted by atomic mass is 16.4. The van der Waals surface area contributed by atoms with E-state index in [1.165, 1.54) is 6.07 Å². The van der Waals surface area contributed by atoms with Gasteiger partial charge in [-0.25, -0.2) is 4.79 Å².